The van der Waals surface area contributed by atoms with Crippen molar-refractivity contribution in [1.82, 2.24) is 5.32 Å². The number of carbonyl (C=O) groups excluding carboxylic acids is 1. The number of carbonyl (C=O) groups is 1. The highest BCUT2D eigenvalue weighted by Gasteiger charge is 2.19. The molecule has 180 valence electrons. The molecule has 0 saturated heterocycles. The van der Waals surface area contributed by atoms with E-state index in [9.17, 15) is 17.6 Å². The summed E-state index contributed by atoms with van der Waals surface area (Å²) in [6.07, 6.45) is 1.06. The number of rotatable bonds is 10. The molecule has 0 unspecified atom stereocenters. The lowest BCUT2D eigenvalue weighted by Crippen LogP contribution is -2.31. The number of nitrogens with one attached hydrogen (secondary N) is 1. The minimum Gasteiger partial charge on any atom is -0.497 e. The monoisotopic (exact) mass is 486 g/mol. The zero-order valence-electron chi connectivity index (χ0n) is 19.2. The van der Waals surface area contributed by atoms with Crippen molar-refractivity contribution in [1.29, 1.82) is 0 Å². The lowest BCUT2D eigenvalue weighted by molar-refractivity contribution is -0.123. The molecule has 0 aliphatic carbocycles. The molecule has 0 aliphatic rings. The summed E-state index contributed by atoms with van der Waals surface area (Å²) in [5.41, 5.74) is 1.54. The van der Waals surface area contributed by atoms with Crippen molar-refractivity contribution in [2.24, 2.45) is 0 Å². The molecular formula is C25H27FN2O5S. The Morgan fingerprint density at radius 2 is 1.62 bits per heavy atom. The van der Waals surface area contributed by atoms with Crippen molar-refractivity contribution < 1.29 is 27.1 Å². The molecule has 3 rings (SSSR count). The van der Waals surface area contributed by atoms with E-state index in [4.69, 9.17) is 9.47 Å². The summed E-state index contributed by atoms with van der Waals surface area (Å²) >= 11 is 0. The van der Waals surface area contributed by atoms with Gasteiger partial charge in [-0.15, -0.1) is 0 Å². The molecule has 0 saturated carbocycles. The van der Waals surface area contributed by atoms with Gasteiger partial charge >= 0.3 is 0 Å². The molecule has 3 aromatic rings. The average molecular weight is 487 g/mol. The third kappa shape index (κ3) is 6.71. The molecule has 34 heavy (non-hydrogen) atoms. The maximum Gasteiger partial charge on any atom is 0.258 e. The van der Waals surface area contributed by atoms with Crippen LogP contribution in [0.25, 0.3) is 0 Å². The summed E-state index contributed by atoms with van der Waals surface area (Å²) in [4.78, 5) is 12.3. The second kappa shape index (κ2) is 11.0. The molecule has 0 spiro atoms. The van der Waals surface area contributed by atoms with E-state index in [0.717, 1.165) is 21.9 Å². The van der Waals surface area contributed by atoms with Crippen LogP contribution in [0.5, 0.6) is 11.5 Å². The fourth-order valence-electron chi connectivity index (χ4n) is 3.30. The molecule has 1 N–H and O–H groups in total. The van der Waals surface area contributed by atoms with E-state index in [1.165, 1.54) is 12.1 Å². The number of ether oxygens (including phenoxy) is 2. The van der Waals surface area contributed by atoms with Crippen LogP contribution in [0.15, 0.2) is 72.8 Å². The first-order valence-electron chi connectivity index (χ1n) is 10.5. The molecule has 0 fully saturated rings. The van der Waals surface area contributed by atoms with Gasteiger partial charge in [0.25, 0.3) is 5.91 Å². The predicted molar refractivity (Wildman–Crippen MR) is 129 cm³/mol. The molecular weight excluding hydrogens is 459 g/mol. The maximum absolute atomic E-state index is 14.0. The van der Waals surface area contributed by atoms with Crippen molar-refractivity contribution in [3.63, 3.8) is 0 Å². The average Bonchev–Trinajstić information content (AvgIpc) is 2.82. The Labute approximate surface area is 199 Å². The van der Waals surface area contributed by atoms with Gasteiger partial charge < -0.3 is 14.8 Å². The minimum absolute atomic E-state index is 0.142. The summed E-state index contributed by atoms with van der Waals surface area (Å²) in [5, 5.41) is 2.86. The first kappa shape index (κ1) is 25.0. The van der Waals surface area contributed by atoms with Crippen LogP contribution in [0.1, 0.15) is 24.1 Å². The fourth-order valence-corrected chi connectivity index (χ4v) is 4.18. The first-order valence-corrected chi connectivity index (χ1v) is 12.4. The van der Waals surface area contributed by atoms with E-state index in [1.807, 2.05) is 31.2 Å². The van der Waals surface area contributed by atoms with E-state index < -0.39 is 15.8 Å². The third-order valence-electron chi connectivity index (χ3n) is 5.16. The zero-order valence-corrected chi connectivity index (χ0v) is 20.0. The first-order chi connectivity index (χ1) is 16.2. The number of hydrogen-bond acceptors (Lipinski definition) is 5. The summed E-state index contributed by atoms with van der Waals surface area (Å²) in [6, 6.07) is 19.4. The molecule has 0 bridgehead atoms. The summed E-state index contributed by atoms with van der Waals surface area (Å²) in [7, 11) is -2.07. The number of amides is 1. The molecule has 1 amide bonds. The van der Waals surface area contributed by atoms with Gasteiger partial charge in [-0.2, -0.15) is 0 Å². The van der Waals surface area contributed by atoms with Crippen LogP contribution >= 0.6 is 0 Å². The van der Waals surface area contributed by atoms with Gasteiger partial charge in [-0.1, -0.05) is 30.3 Å². The summed E-state index contributed by atoms with van der Waals surface area (Å²) in [6.45, 7) is 1.52. The smallest absolute Gasteiger partial charge is 0.258 e. The third-order valence-corrected chi connectivity index (χ3v) is 6.30. The fraction of sp³-hybridized carbons (Fsp3) is 0.240. The van der Waals surface area contributed by atoms with Crippen molar-refractivity contribution in [3.8, 4) is 11.5 Å². The van der Waals surface area contributed by atoms with Crippen LogP contribution in [0, 0.1) is 5.82 Å². The van der Waals surface area contributed by atoms with Gasteiger partial charge in [0.15, 0.2) is 6.61 Å². The Bertz CT molecular complexity index is 1210. The van der Waals surface area contributed by atoms with Crippen molar-refractivity contribution in [2.75, 3.05) is 24.3 Å². The van der Waals surface area contributed by atoms with E-state index in [2.05, 4.69) is 5.32 Å². The Balaban J connectivity index is 1.60. The molecule has 9 heteroatoms. The van der Waals surface area contributed by atoms with Crippen LogP contribution in [-0.4, -0.2) is 34.3 Å². The number of sulfonamides is 1. The standard InChI is InChI=1S/C25H27FN2O5S/c1-18(19-8-12-22(32-2)13-9-19)27-25(29)17-33-23-14-10-21(11-15-23)28(34(3,30)31)16-20-6-4-5-7-24(20)26/h4-15,18H,16-17H2,1-3H3,(H,27,29)/t18-/m1/s1. The lowest BCUT2D eigenvalue weighted by atomic mass is 10.1. The number of benzene rings is 3. The van der Waals surface area contributed by atoms with Gasteiger partial charge in [-0.05, 0) is 55.0 Å². The second-order valence-electron chi connectivity index (χ2n) is 7.71. The van der Waals surface area contributed by atoms with E-state index in [0.29, 0.717) is 11.4 Å². The second-order valence-corrected chi connectivity index (χ2v) is 9.61. The quantitative estimate of drug-likeness (QED) is 0.467. The van der Waals surface area contributed by atoms with Gasteiger partial charge in [0.1, 0.15) is 17.3 Å². The Morgan fingerprint density at radius 1 is 1.00 bits per heavy atom. The van der Waals surface area contributed by atoms with Crippen molar-refractivity contribution in [2.45, 2.75) is 19.5 Å². The predicted octanol–water partition coefficient (Wildman–Crippen LogP) is 4.06. The van der Waals surface area contributed by atoms with Crippen molar-refractivity contribution >= 4 is 21.6 Å². The largest absolute Gasteiger partial charge is 0.497 e. The summed E-state index contributed by atoms with van der Waals surface area (Å²) < 4.78 is 50.5. The molecule has 3 aromatic carbocycles. The van der Waals surface area contributed by atoms with Gasteiger partial charge in [0.05, 0.1) is 31.6 Å². The van der Waals surface area contributed by atoms with Crippen LogP contribution in [-0.2, 0) is 21.4 Å². The number of anilines is 1. The highest BCUT2D eigenvalue weighted by molar-refractivity contribution is 7.92. The lowest BCUT2D eigenvalue weighted by Gasteiger charge is -2.23. The number of methoxy groups -OCH3 is 1. The molecule has 1 atom stereocenters. The molecule has 0 radical (unpaired) electrons. The van der Waals surface area contributed by atoms with Gasteiger partial charge in [-0.25, -0.2) is 12.8 Å². The van der Waals surface area contributed by atoms with Crippen molar-refractivity contribution in [3.05, 3.63) is 89.7 Å². The topological polar surface area (TPSA) is 84.9 Å². The molecule has 7 nitrogen and oxygen atoms in total. The van der Waals surface area contributed by atoms with E-state index >= 15 is 0 Å². The normalized spacial score (nSPS) is 12.0. The Kier molecular flexibility index (Phi) is 8.12. The minimum atomic E-state index is -3.66. The van der Waals surface area contributed by atoms with Gasteiger partial charge in [0, 0.05) is 5.56 Å². The highest BCUT2D eigenvalue weighted by atomic mass is 32.2. The molecule has 0 aliphatic heterocycles. The van der Waals surface area contributed by atoms with E-state index in [-0.39, 0.29) is 30.7 Å². The van der Waals surface area contributed by atoms with Gasteiger partial charge in [-0.3, -0.25) is 9.10 Å². The number of hydrogen-bond donors (Lipinski definition) is 1. The summed E-state index contributed by atoms with van der Waals surface area (Å²) in [5.74, 6) is 0.350. The number of halogens is 1. The number of nitrogens with zero attached hydrogens (tertiary/aromatic N) is 1. The maximum atomic E-state index is 14.0. The molecule has 0 heterocycles. The van der Waals surface area contributed by atoms with Crippen LogP contribution in [0.2, 0.25) is 0 Å². The SMILES string of the molecule is COc1ccc([C@@H](C)NC(=O)COc2ccc(N(Cc3ccccc3F)S(C)(=O)=O)cc2)cc1. The van der Waals surface area contributed by atoms with E-state index in [1.54, 1.807) is 43.5 Å². The Morgan fingerprint density at radius 3 is 2.21 bits per heavy atom. The zero-order chi connectivity index (χ0) is 24.7. The molecule has 0 aromatic heterocycles. The van der Waals surface area contributed by atoms with Crippen LogP contribution < -0.4 is 19.1 Å². The highest BCUT2D eigenvalue weighted by Crippen LogP contribution is 2.24. The van der Waals surface area contributed by atoms with Crippen LogP contribution in [0.4, 0.5) is 10.1 Å². The van der Waals surface area contributed by atoms with Gasteiger partial charge in [0.2, 0.25) is 10.0 Å². The Hall–Kier alpha value is -3.59. The van der Waals surface area contributed by atoms with Crippen LogP contribution in [0.3, 0.4) is 0 Å².